The molecule has 2 heterocycles. The molecule has 7 heteroatoms. The van der Waals surface area contributed by atoms with E-state index in [9.17, 15) is 4.79 Å². The summed E-state index contributed by atoms with van der Waals surface area (Å²) in [5.74, 6) is 2.67. The summed E-state index contributed by atoms with van der Waals surface area (Å²) in [6.07, 6.45) is 3.93. The molecular weight excluding hydrogens is 358 g/mol. The minimum Gasteiger partial charge on any atom is -0.496 e. The number of amides is 1. The lowest BCUT2D eigenvalue weighted by molar-refractivity contribution is -0.119. The summed E-state index contributed by atoms with van der Waals surface area (Å²) in [6.45, 7) is 1.02. The molecule has 7 nitrogen and oxygen atoms in total. The van der Waals surface area contributed by atoms with E-state index in [0.29, 0.717) is 42.7 Å². The summed E-state index contributed by atoms with van der Waals surface area (Å²) >= 11 is 0. The summed E-state index contributed by atoms with van der Waals surface area (Å²) in [7, 11) is 3.25. The number of likely N-dealkylation sites (N-methyl/N-ethyl adjacent to an activating group) is 1. The predicted octanol–water partition coefficient (Wildman–Crippen LogP) is 2.61. The maximum Gasteiger partial charge on any atom is 0.224 e. The number of nitrogens with one attached hydrogen (secondary N) is 1. The second kappa shape index (κ2) is 7.64. The van der Waals surface area contributed by atoms with Gasteiger partial charge in [0.25, 0.3) is 0 Å². The highest BCUT2D eigenvalue weighted by Crippen LogP contribution is 2.41. The first kappa shape index (κ1) is 17.9. The van der Waals surface area contributed by atoms with Crippen LogP contribution in [0.15, 0.2) is 48.8 Å². The standard InChI is InChI=1S/C21H21N3O4/c1-22-20(25)11-14-4-3-5-15(10-14)24-7-6-23-21(24)16-12-18-19(13-17(16)26-2)28-9-8-27-18/h3-7,10,12-13H,8-9,11H2,1-2H3,(H,22,25). The number of aromatic nitrogens is 2. The van der Waals surface area contributed by atoms with Crippen LogP contribution in [0.5, 0.6) is 17.2 Å². The molecule has 1 aromatic heterocycles. The van der Waals surface area contributed by atoms with Crippen LogP contribution in [-0.2, 0) is 11.2 Å². The molecule has 4 rings (SSSR count). The Kier molecular flexibility index (Phi) is 4.89. The number of hydrogen-bond acceptors (Lipinski definition) is 5. The van der Waals surface area contributed by atoms with Gasteiger partial charge in [-0.05, 0) is 23.8 Å². The van der Waals surface area contributed by atoms with E-state index >= 15 is 0 Å². The topological polar surface area (TPSA) is 74.6 Å². The highest BCUT2D eigenvalue weighted by Gasteiger charge is 2.20. The molecular formula is C21H21N3O4. The normalized spacial score (nSPS) is 12.5. The van der Waals surface area contributed by atoms with Gasteiger partial charge in [-0.3, -0.25) is 9.36 Å². The van der Waals surface area contributed by atoms with Crippen LogP contribution in [0.2, 0.25) is 0 Å². The molecule has 0 radical (unpaired) electrons. The third kappa shape index (κ3) is 3.38. The van der Waals surface area contributed by atoms with E-state index in [-0.39, 0.29) is 5.91 Å². The van der Waals surface area contributed by atoms with Gasteiger partial charge in [0, 0.05) is 31.2 Å². The van der Waals surface area contributed by atoms with Crippen LogP contribution < -0.4 is 19.5 Å². The summed E-state index contributed by atoms with van der Waals surface area (Å²) < 4.78 is 18.9. The fraction of sp³-hybridized carbons (Fsp3) is 0.238. The van der Waals surface area contributed by atoms with Gasteiger partial charge in [0.05, 0.1) is 19.1 Å². The van der Waals surface area contributed by atoms with Crippen molar-refractivity contribution in [3.63, 3.8) is 0 Å². The third-order valence-electron chi connectivity index (χ3n) is 4.58. The number of hydrogen-bond donors (Lipinski definition) is 1. The van der Waals surface area contributed by atoms with Crippen LogP contribution in [-0.4, -0.2) is 42.8 Å². The predicted molar refractivity (Wildman–Crippen MR) is 104 cm³/mol. The molecule has 0 saturated heterocycles. The van der Waals surface area contributed by atoms with Crippen molar-refractivity contribution < 1.29 is 19.0 Å². The summed E-state index contributed by atoms with van der Waals surface area (Å²) in [5, 5.41) is 2.65. The van der Waals surface area contributed by atoms with Crippen LogP contribution in [0.4, 0.5) is 0 Å². The molecule has 28 heavy (non-hydrogen) atoms. The van der Waals surface area contributed by atoms with Gasteiger partial charge in [0.1, 0.15) is 24.8 Å². The quantitative estimate of drug-likeness (QED) is 0.738. The molecule has 0 saturated carbocycles. The number of imidazole rings is 1. The van der Waals surface area contributed by atoms with Crippen molar-refractivity contribution in [1.82, 2.24) is 14.9 Å². The molecule has 0 unspecified atom stereocenters. The van der Waals surface area contributed by atoms with Crippen LogP contribution in [0.3, 0.4) is 0 Å². The van der Waals surface area contributed by atoms with Gasteiger partial charge < -0.3 is 19.5 Å². The van der Waals surface area contributed by atoms with Crippen molar-refractivity contribution in [2.75, 3.05) is 27.4 Å². The largest absolute Gasteiger partial charge is 0.496 e. The second-order valence-corrected chi connectivity index (χ2v) is 6.34. The van der Waals surface area contributed by atoms with Gasteiger partial charge in [-0.1, -0.05) is 12.1 Å². The first-order chi connectivity index (χ1) is 13.7. The number of fused-ring (bicyclic) bond motifs is 1. The molecule has 1 aliphatic rings. The number of benzene rings is 2. The van der Waals surface area contributed by atoms with Crippen LogP contribution in [0, 0.1) is 0 Å². The van der Waals surface area contributed by atoms with E-state index in [1.807, 2.05) is 47.2 Å². The molecule has 0 fully saturated rings. The minimum atomic E-state index is -0.0310. The van der Waals surface area contributed by atoms with E-state index in [1.165, 1.54) is 0 Å². The monoisotopic (exact) mass is 379 g/mol. The zero-order valence-electron chi connectivity index (χ0n) is 15.8. The lowest BCUT2D eigenvalue weighted by atomic mass is 10.1. The molecule has 0 bridgehead atoms. The van der Waals surface area contributed by atoms with Gasteiger partial charge in [-0.2, -0.15) is 0 Å². The molecule has 3 aromatic rings. The maximum atomic E-state index is 11.7. The van der Waals surface area contributed by atoms with Crippen molar-refractivity contribution in [3.05, 3.63) is 54.4 Å². The van der Waals surface area contributed by atoms with Gasteiger partial charge in [0.15, 0.2) is 11.5 Å². The fourth-order valence-corrected chi connectivity index (χ4v) is 3.21. The van der Waals surface area contributed by atoms with Crippen molar-refractivity contribution in [3.8, 4) is 34.3 Å². The number of carbonyl (C=O) groups excluding carboxylic acids is 1. The highest BCUT2D eigenvalue weighted by atomic mass is 16.6. The Labute approximate surface area is 162 Å². The van der Waals surface area contributed by atoms with Gasteiger partial charge in [-0.15, -0.1) is 0 Å². The third-order valence-corrected chi connectivity index (χ3v) is 4.58. The van der Waals surface area contributed by atoms with E-state index in [0.717, 1.165) is 16.8 Å². The van der Waals surface area contributed by atoms with E-state index < -0.39 is 0 Å². The second-order valence-electron chi connectivity index (χ2n) is 6.34. The summed E-state index contributed by atoms with van der Waals surface area (Å²) in [4.78, 5) is 16.2. The lowest BCUT2D eigenvalue weighted by Gasteiger charge is -2.21. The average Bonchev–Trinajstić information content (AvgIpc) is 3.22. The van der Waals surface area contributed by atoms with Gasteiger partial charge >= 0.3 is 0 Å². The fourth-order valence-electron chi connectivity index (χ4n) is 3.21. The summed E-state index contributed by atoms with van der Waals surface area (Å²) in [6, 6.07) is 11.5. The molecule has 0 spiro atoms. The smallest absolute Gasteiger partial charge is 0.224 e. The highest BCUT2D eigenvalue weighted by molar-refractivity contribution is 5.78. The Bertz CT molecular complexity index is 1010. The molecule has 1 aliphatic heterocycles. The Morgan fingerprint density at radius 3 is 2.75 bits per heavy atom. The molecule has 2 aromatic carbocycles. The Balaban J connectivity index is 1.76. The molecule has 0 atom stereocenters. The maximum absolute atomic E-state index is 11.7. The zero-order valence-corrected chi connectivity index (χ0v) is 15.8. The minimum absolute atomic E-state index is 0.0310. The number of rotatable bonds is 5. The van der Waals surface area contributed by atoms with Crippen molar-refractivity contribution in [2.45, 2.75) is 6.42 Å². The molecule has 144 valence electrons. The number of nitrogens with zero attached hydrogens (tertiary/aromatic N) is 2. The zero-order chi connectivity index (χ0) is 19.5. The summed E-state index contributed by atoms with van der Waals surface area (Å²) in [5.41, 5.74) is 2.63. The van der Waals surface area contributed by atoms with Crippen LogP contribution in [0.25, 0.3) is 17.1 Å². The van der Waals surface area contributed by atoms with Crippen LogP contribution >= 0.6 is 0 Å². The van der Waals surface area contributed by atoms with Crippen molar-refractivity contribution in [1.29, 1.82) is 0 Å². The van der Waals surface area contributed by atoms with Crippen LogP contribution in [0.1, 0.15) is 5.56 Å². The molecule has 1 N–H and O–H groups in total. The Morgan fingerprint density at radius 1 is 1.21 bits per heavy atom. The van der Waals surface area contributed by atoms with Crippen molar-refractivity contribution >= 4 is 5.91 Å². The van der Waals surface area contributed by atoms with E-state index in [1.54, 1.807) is 20.4 Å². The Hall–Kier alpha value is -3.48. The van der Waals surface area contributed by atoms with Crippen molar-refractivity contribution in [2.24, 2.45) is 0 Å². The van der Waals surface area contributed by atoms with E-state index in [2.05, 4.69) is 10.3 Å². The number of ether oxygens (including phenoxy) is 3. The Morgan fingerprint density at radius 2 is 2.00 bits per heavy atom. The first-order valence-electron chi connectivity index (χ1n) is 9.01. The first-order valence-corrected chi connectivity index (χ1v) is 9.01. The lowest BCUT2D eigenvalue weighted by Crippen LogP contribution is -2.19. The molecule has 1 amide bonds. The molecule has 0 aliphatic carbocycles. The number of carbonyl (C=O) groups is 1. The number of methoxy groups -OCH3 is 1. The average molecular weight is 379 g/mol. The SMILES string of the molecule is CNC(=O)Cc1cccc(-n2ccnc2-c2cc3c(cc2OC)OCCO3)c1. The van der Waals surface area contributed by atoms with E-state index in [4.69, 9.17) is 14.2 Å². The van der Waals surface area contributed by atoms with Gasteiger partial charge in [-0.25, -0.2) is 4.98 Å². The van der Waals surface area contributed by atoms with Gasteiger partial charge in [0.2, 0.25) is 5.91 Å².